The maximum atomic E-state index is 13.2. The van der Waals surface area contributed by atoms with E-state index in [1.165, 1.54) is 24.6 Å². The molecule has 0 radical (unpaired) electrons. The first kappa shape index (κ1) is 26.2. The van der Waals surface area contributed by atoms with Crippen LogP contribution in [0.5, 0.6) is 5.75 Å². The molecule has 36 heavy (non-hydrogen) atoms. The highest BCUT2D eigenvalue weighted by Gasteiger charge is 2.45. The van der Waals surface area contributed by atoms with Crippen molar-refractivity contribution in [3.63, 3.8) is 0 Å². The van der Waals surface area contributed by atoms with Gasteiger partial charge in [-0.15, -0.1) is 5.10 Å². The molecule has 5 rings (SSSR count). The van der Waals surface area contributed by atoms with Crippen molar-refractivity contribution in [2.75, 3.05) is 7.11 Å². The lowest BCUT2D eigenvalue weighted by Crippen LogP contribution is -2.44. The number of ether oxygens (including phenoxy) is 2. The zero-order valence-corrected chi connectivity index (χ0v) is 21.6. The highest BCUT2D eigenvalue weighted by atomic mass is 35.5. The summed E-state index contributed by atoms with van der Waals surface area (Å²) in [7, 11) is 1.61. The molecule has 3 N–H and O–H groups in total. The molecule has 0 saturated heterocycles. The standard InChI is InChI=1S/C26H27ClN4O3S.H2O/c1-33-21-7-6-17(16-20(21)27)8-12-26(19-4-2-3-5-19)13-9-22(24(32)34-26)35-25-29-23(30-31-25)18-10-14-28-15-11-18;/h6-7,9-11,14-16,19H,2-5,8,12-13H2,1H3,(H,29,30,31);1H2. The summed E-state index contributed by atoms with van der Waals surface area (Å²) in [6.07, 6.45) is 12.2. The zero-order valence-electron chi connectivity index (χ0n) is 20.0. The number of halogens is 1. The number of methoxy groups -OCH3 is 1. The van der Waals surface area contributed by atoms with Crippen molar-refractivity contribution >= 4 is 29.3 Å². The van der Waals surface area contributed by atoms with Gasteiger partial charge in [-0.3, -0.25) is 10.1 Å². The van der Waals surface area contributed by atoms with Crippen LogP contribution < -0.4 is 4.74 Å². The van der Waals surface area contributed by atoms with Crippen LogP contribution in [-0.4, -0.2) is 44.3 Å². The minimum Gasteiger partial charge on any atom is -0.495 e. The number of cyclic esters (lactones) is 1. The normalized spacial score (nSPS) is 19.9. The molecule has 1 unspecified atom stereocenters. The van der Waals surface area contributed by atoms with Gasteiger partial charge in [0.25, 0.3) is 0 Å². The van der Waals surface area contributed by atoms with Gasteiger partial charge in [0, 0.05) is 24.4 Å². The molecule has 3 heterocycles. The van der Waals surface area contributed by atoms with E-state index < -0.39 is 5.60 Å². The van der Waals surface area contributed by atoms with Crippen LogP contribution in [0.1, 0.15) is 44.1 Å². The van der Waals surface area contributed by atoms with Crippen molar-refractivity contribution in [1.82, 2.24) is 20.2 Å². The number of nitrogens with one attached hydrogen (secondary N) is 1. The average Bonchev–Trinajstić information content (AvgIpc) is 3.58. The number of carbonyl (C=O) groups is 1. The fourth-order valence-corrected chi connectivity index (χ4v) is 6.02. The molecule has 1 atom stereocenters. The maximum Gasteiger partial charge on any atom is 0.345 e. The molecule has 190 valence electrons. The lowest BCUT2D eigenvalue weighted by Gasteiger charge is -2.40. The first-order valence-electron chi connectivity index (χ1n) is 11.8. The smallest absolute Gasteiger partial charge is 0.345 e. The Morgan fingerprint density at radius 3 is 2.69 bits per heavy atom. The minimum atomic E-state index is -0.495. The summed E-state index contributed by atoms with van der Waals surface area (Å²) >= 11 is 7.57. The number of pyridine rings is 1. The third kappa shape index (κ3) is 5.58. The SMILES string of the molecule is COc1ccc(CCC2(C3CCCC3)CC=C(Sc3n[nH]c(-c4ccncc4)n3)C(=O)O2)cc1Cl.O. The van der Waals surface area contributed by atoms with E-state index in [1.54, 1.807) is 19.5 Å². The zero-order chi connectivity index (χ0) is 24.3. The van der Waals surface area contributed by atoms with E-state index in [-0.39, 0.29) is 11.4 Å². The molecular weight excluding hydrogens is 500 g/mol. The van der Waals surface area contributed by atoms with Crippen molar-refractivity contribution in [3.8, 4) is 17.1 Å². The number of aromatic amines is 1. The van der Waals surface area contributed by atoms with Crippen molar-refractivity contribution in [2.45, 2.75) is 55.7 Å². The quantitative estimate of drug-likeness (QED) is 0.399. The van der Waals surface area contributed by atoms with Crippen LogP contribution in [0.3, 0.4) is 0 Å². The first-order chi connectivity index (χ1) is 17.1. The number of aromatic nitrogens is 4. The summed E-state index contributed by atoms with van der Waals surface area (Å²) in [5.41, 5.74) is 1.50. The van der Waals surface area contributed by atoms with E-state index in [4.69, 9.17) is 21.1 Å². The van der Waals surface area contributed by atoms with Crippen LogP contribution in [0.2, 0.25) is 5.02 Å². The molecule has 1 fully saturated rings. The van der Waals surface area contributed by atoms with E-state index >= 15 is 0 Å². The Balaban J connectivity index is 0.00000304. The van der Waals surface area contributed by atoms with Gasteiger partial charge in [0.05, 0.1) is 17.0 Å². The number of hydrogen-bond donors (Lipinski definition) is 1. The fourth-order valence-electron chi connectivity index (χ4n) is 5.02. The lowest BCUT2D eigenvalue weighted by atomic mass is 9.78. The Hall–Kier alpha value is -2.88. The number of carbonyl (C=O) groups excluding carboxylic acids is 1. The van der Waals surface area contributed by atoms with E-state index in [2.05, 4.69) is 20.2 Å². The average molecular weight is 529 g/mol. The van der Waals surface area contributed by atoms with E-state index in [0.717, 1.165) is 36.8 Å². The number of thioether (sulfide) groups is 1. The van der Waals surface area contributed by atoms with Gasteiger partial charge >= 0.3 is 5.97 Å². The second-order valence-electron chi connectivity index (χ2n) is 8.98. The topological polar surface area (TPSA) is 121 Å². The number of esters is 1. The van der Waals surface area contributed by atoms with Gasteiger partial charge in [0.2, 0.25) is 5.16 Å². The molecule has 1 aliphatic heterocycles. The number of hydrogen-bond acceptors (Lipinski definition) is 7. The van der Waals surface area contributed by atoms with E-state index in [9.17, 15) is 4.79 Å². The van der Waals surface area contributed by atoms with Gasteiger partial charge in [-0.05, 0) is 73.2 Å². The maximum absolute atomic E-state index is 13.2. The Kier molecular flexibility index (Phi) is 8.33. The lowest BCUT2D eigenvalue weighted by molar-refractivity contribution is -0.163. The number of H-pyrrole nitrogens is 1. The van der Waals surface area contributed by atoms with Gasteiger partial charge in [-0.25, -0.2) is 9.78 Å². The number of aryl methyl sites for hydroxylation is 1. The highest BCUT2D eigenvalue weighted by molar-refractivity contribution is 8.03. The van der Waals surface area contributed by atoms with Gasteiger partial charge in [-0.2, -0.15) is 0 Å². The van der Waals surface area contributed by atoms with Crippen LogP contribution in [0.4, 0.5) is 0 Å². The number of nitrogens with zero attached hydrogens (tertiary/aromatic N) is 3. The molecule has 10 heteroatoms. The molecule has 1 aromatic carbocycles. The second kappa shape index (κ2) is 11.5. The molecule has 3 aromatic rings. The molecule has 0 spiro atoms. The molecule has 0 bridgehead atoms. The van der Waals surface area contributed by atoms with Gasteiger partial charge < -0.3 is 14.9 Å². The van der Waals surface area contributed by atoms with Gasteiger partial charge in [0.15, 0.2) is 5.82 Å². The first-order valence-corrected chi connectivity index (χ1v) is 13.0. The van der Waals surface area contributed by atoms with Crippen molar-refractivity contribution in [1.29, 1.82) is 0 Å². The Morgan fingerprint density at radius 2 is 2.00 bits per heavy atom. The number of rotatable bonds is 8. The van der Waals surface area contributed by atoms with Crippen LogP contribution in [0.15, 0.2) is 58.9 Å². The third-order valence-corrected chi connectivity index (χ3v) is 8.12. The molecule has 8 nitrogen and oxygen atoms in total. The Bertz CT molecular complexity index is 1230. The summed E-state index contributed by atoms with van der Waals surface area (Å²) in [6.45, 7) is 0. The Morgan fingerprint density at radius 1 is 1.22 bits per heavy atom. The molecule has 1 saturated carbocycles. The minimum absolute atomic E-state index is 0. The highest BCUT2D eigenvalue weighted by Crippen LogP contribution is 2.46. The number of benzene rings is 1. The van der Waals surface area contributed by atoms with Crippen LogP contribution in [0, 0.1) is 5.92 Å². The molecule has 2 aromatic heterocycles. The summed E-state index contributed by atoms with van der Waals surface area (Å²) in [6, 6.07) is 9.56. The van der Waals surface area contributed by atoms with Crippen LogP contribution in [-0.2, 0) is 16.0 Å². The van der Waals surface area contributed by atoms with E-state index in [1.807, 2.05) is 36.4 Å². The summed E-state index contributed by atoms with van der Waals surface area (Å²) in [5.74, 6) is 1.37. The fraction of sp³-hybridized carbons (Fsp3) is 0.385. The second-order valence-corrected chi connectivity index (χ2v) is 10.4. The third-order valence-electron chi connectivity index (χ3n) is 6.90. The van der Waals surface area contributed by atoms with E-state index in [0.29, 0.717) is 39.0 Å². The van der Waals surface area contributed by atoms with Crippen molar-refractivity contribution in [3.05, 3.63) is 64.3 Å². The Labute approximate surface area is 219 Å². The molecule has 2 aliphatic rings. The predicted molar refractivity (Wildman–Crippen MR) is 139 cm³/mol. The predicted octanol–water partition coefficient (Wildman–Crippen LogP) is 5.19. The van der Waals surface area contributed by atoms with Crippen molar-refractivity contribution < 1.29 is 19.7 Å². The summed E-state index contributed by atoms with van der Waals surface area (Å²) in [4.78, 5) is 22.2. The molecule has 0 amide bonds. The summed E-state index contributed by atoms with van der Waals surface area (Å²) in [5, 5.41) is 8.28. The van der Waals surface area contributed by atoms with Crippen LogP contribution in [0.25, 0.3) is 11.4 Å². The monoisotopic (exact) mass is 528 g/mol. The van der Waals surface area contributed by atoms with Crippen molar-refractivity contribution in [2.24, 2.45) is 5.92 Å². The molecule has 1 aliphatic carbocycles. The van der Waals surface area contributed by atoms with Crippen LogP contribution >= 0.6 is 23.4 Å². The van der Waals surface area contributed by atoms with Gasteiger partial charge in [-0.1, -0.05) is 36.6 Å². The van der Waals surface area contributed by atoms with Gasteiger partial charge in [0.1, 0.15) is 11.4 Å². The summed E-state index contributed by atoms with van der Waals surface area (Å²) < 4.78 is 11.5. The largest absolute Gasteiger partial charge is 0.495 e. The molecular formula is C26H29ClN4O4S.